The maximum Gasteiger partial charge on any atom is 0.151 e. The summed E-state index contributed by atoms with van der Waals surface area (Å²) in [6.07, 6.45) is 7.28. The van der Waals surface area contributed by atoms with Crippen molar-refractivity contribution in [3.05, 3.63) is 0 Å². The van der Waals surface area contributed by atoms with Gasteiger partial charge < -0.3 is 9.90 Å². The molecule has 0 aromatic carbocycles. The average Bonchev–Trinajstić information content (AvgIpc) is 1.89. The minimum atomic E-state index is -1.18. The predicted molar refractivity (Wildman–Crippen MR) is 39.4 cm³/mol. The van der Waals surface area contributed by atoms with Gasteiger partial charge >= 0.3 is 0 Å². The summed E-state index contributed by atoms with van der Waals surface area (Å²) in [5, 5.41) is 9.11. The second kappa shape index (κ2) is 4.08. The standard InChI is InChI=1S/C8H12O2/c1-3-4-5-6-8(2,10)7-9/h1,7,10H,4-6H2,2H3. The van der Waals surface area contributed by atoms with Crippen LogP contribution in [0.15, 0.2) is 0 Å². The summed E-state index contributed by atoms with van der Waals surface area (Å²) < 4.78 is 0. The molecule has 0 spiro atoms. The van der Waals surface area contributed by atoms with E-state index in [9.17, 15) is 4.79 Å². The first-order chi connectivity index (χ1) is 4.62. The molecule has 0 aliphatic rings. The molecule has 0 amide bonds. The summed E-state index contributed by atoms with van der Waals surface area (Å²) in [6, 6.07) is 0. The van der Waals surface area contributed by atoms with Crippen molar-refractivity contribution in [1.29, 1.82) is 0 Å². The first-order valence-corrected chi connectivity index (χ1v) is 3.24. The quantitative estimate of drug-likeness (QED) is 0.355. The topological polar surface area (TPSA) is 37.3 Å². The fourth-order valence-corrected chi connectivity index (χ4v) is 0.607. The Bertz CT molecular complexity index is 142. The van der Waals surface area contributed by atoms with Crippen molar-refractivity contribution in [2.45, 2.75) is 31.8 Å². The highest BCUT2D eigenvalue weighted by Crippen LogP contribution is 2.09. The lowest BCUT2D eigenvalue weighted by molar-refractivity contribution is -0.123. The molecule has 0 saturated carbocycles. The number of carbonyl (C=O) groups excluding carboxylic acids is 1. The van der Waals surface area contributed by atoms with E-state index in [0.717, 1.165) is 0 Å². The van der Waals surface area contributed by atoms with E-state index in [0.29, 0.717) is 25.5 Å². The van der Waals surface area contributed by atoms with Crippen LogP contribution in [0.5, 0.6) is 0 Å². The molecule has 0 rings (SSSR count). The maximum atomic E-state index is 10.1. The second-order valence-corrected chi connectivity index (χ2v) is 2.53. The molecule has 0 aliphatic heterocycles. The third kappa shape index (κ3) is 4.11. The van der Waals surface area contributed by atoms with Crippen LogP contribution in [-0.2, 0) is 4.79 Å². The molecule has 0 aromatic rings. The summed E-state index contributed by atoms with van der Waals surface area (Å²) >= 11 is 0. The Morgan fingerprint density at radius 2 is 2.40 bits per heavy atom. The van der Waals surface area contributed by atoms with E-state index in [1.54, 1.807) is 0 Å². The molecule has 2 nitrogen and oxygen atoms in total. The molecule has 0 radical (unpaired) electrons. The van der Waals surface area contributed by atoms with Gasteiger partial charge in [0, 0.05) is 6.42 Å². The fraction of sp³-hybridized carbons (Fsp3) is 0.625. The number of unbranched alkanes of at least 4 members (excludes halogenated alkanes) is 1. The second-order valence-electron chi connectivity index (χ2n) is 2.53. The number of terminal acetylenes is 1. The molecule has 56 valence electrons. The van der Waals surface area contributed by atoms with Crippen molar-refractivity contribution in [2.75, 3.05) is 0 Å². The minimum Gasteiger partial charge on any atom is -0.383 e. The molecular weight excluding hydrogens is 128 g/mol. The first kappa shape index (κ1) is 9.19. The lowest BCUT2D eigenvalue weighted by Crippen LogP contribution is -2.25. The Morgan fingerprint density at radius 1 is 1.80 bits per heavy atom. The molecule has 1 unspecified atom stereocenters. The molecule has 0 fully saturated rings. The number of aldehydes is 1. The van der Waals surface area contributed by atoms with Crippen LogP contribution in [0.25, 0.3) is 0 Å². The summed E-state index contributed by atoms with van der Waals surface area (Å²) in [6.45, 7) is 1.48. The van der Waals surface area contributed by atoms with Gasteiger partial charge in [0.1, 0.15) is 5.60 Å². The Kier molecular flexibility index (Phi) is 3.75. The normalized spacial score (nSPS) is 15.3. The lowest BCUT2D eigenvalue weighted by atomic mass is 10.0. The molecule has 2 heteroatoms. The van der Waals surface area contributed by atoms with Crippen molar-refractivity contribution in [2.24, 2.45) is 0 Å². The van der Waals surface area contributed by atoms with Crippen LogP contribution in [-0.4, -0.2) is 17.0 Å². The molecule has 0 bridgehead atoms. The van der Waals surface area contributed by atoms with Crippen molar-refractivity contribution in [3.8, 4) is 12.3 Å². The molecule has 10 heavy (non-hydrogen) atoms. The average molecular weight is 140 g/mol. The van der Waals surface area contributed by atoms with Crippen LogP contribution < -0.4 is 0 Å². The van der Waals surface area contributed by atoms with Gasteiger partial charge in [-0.2, -0.15) is 0 Å². The zero-order valence-corrected chi connectivity index (χ0v) is 6.13. The minimum absolute atomic E-state index is 0.445. The van der Waals surface area contributed by atoms with E-state index >= 15 is 0 Å². The largest absolute Gasteiger partial charge is 0.383 e. The van der Waals surface area contributed by atoms with Crippen LogP contribution in [0.2, 0.25) is 0 Å². The monoisotopic (exact) mass is 140 g/mol. The number of rotatable bonds is 4. The summed E-state index contributed by atoms with van der Waals surface area (Å²) in [5.41, 5.74) is -1.18. The van der Waals surface area contributed by atoms with Gasteiger partial charge in [-0.1, -0.05) is 0 Å². The summed E-state index contributed by atoms with van der Waals surface area (Å²) in [7, 11) is 0. The van der Waals surface area contributed by atoms with E-state index in [2.05, 4.69) is 5.92 Å². The van der Waals surface area contributed by atoms with E-state index in [1.807, 2.05) is 0 Å². The van der Waals surface area contributed by atoms with Crippen molar-refractivity contribution < 1.29 is 9.90 Å². The summed E-state index contributed by atoms with van der Waals surface area (Å²) in [4.78, 5) is 10.1. The molecule has 0 saturated heterocycles. The Hall–Kier alpha value is -0.810. The van der Waals surface area contributed by atoms with Gasteiger partial charge in [-0.15, -0.1) is 12.3 Å². The van der Waals surface area contributed by atoms with Crippen LogP contribution in [0.4, 0.5) is 0 Å². The van der Waals surface area contributed by atoms with Crippen LogP contribution in [0.3, 0.4) is 0 Å². The third-order valence-electron chi connectivity index (χ3n) is 1.26. The highest BCUT2D eigenvalue weighted by molar-refractivity contribution is 5.60. The van der Waals surface area contributed by atoms with Gasteiger partial charge in [-0.25, -0.2) is 0 Å². The van der Waals surface area contributed by atoms with Crippen LogP contribution >= 0.6 is 0 Å². The van der Waals surface area contributed by atoms with Gasteiger partial charge in [0.2, 0.25) is 0 Å². The van der Waals surface area contributed by atoms with Gasteiger partial charge in [-0.05, 0) is 19.8 Å². The van der Waals surface area contributed by atoms with E-state index < -0.39 is 5.60 Å². The third-order valence-corrected chi connectivity index (χ3v) is 1.26. The maximum absolute atomic E-state index is 10.1. The number of aliphatic hydroxyl groups is 1. The van der Waals surface area contributed by atoms with E-state index in [-0.39, 0.29) is 0 Å². The zero-order valence-electron chi connectivity index (χ0n) is 6.13. The number of hydrogen-bond donors (Lipinski definition) is 1. The Labute approximate surface area is 61.2 Å². The highest BCUT2D eigenvalue weighted by atomic mass is 16.3. The molecule has 1 N–H and O–H groups in total. The highest BCUT2D eigenvalue weighted by Gasteiger charge is 2.17. The van der Waals surface area contributed by atoms with E-state index in [1.165, 1.54) is 6.92 Å². The molecule has 0 heterocycles. The van der Waals surface area contributed by atoms with Crippen LogP contribution in [0.1, 0.15) is 26.2 Å². The smallest absolute Gasteiger partial charge is 0.151 e. The fourth-order valence-electron chi connectivity index (χ4n) is 0.607. The number of hydrogen-bond acceptors (Lipinski definition) is 2. The van der Waals surface area contributed by atoms with Crippen molar-refractivity contribution >= 4 is 6.29 Å². The Balaban J connectivity index is 3.49. The van der Waals surface area contributed by atoms with Gasteiger partial charge in [0.15, 0.2) is 6.29 Å². The van der Waals surface area contributed by atoms with Crippen molar-refractivity contribution in [1.82, 2.24) is 0 Å². The molecule has 0 aromatic heterocycles. The Morgan fingerprint density at radius 3 is 2.80 bits per heavy atom. The van der Waals surface area contributed by atoms with Gasteiger partial charge in [0.05, 0.1) is 0 Å². The SMILES string of the molecule is C#CCCCC(C)(O)C=O. The van der Waals surface area contributed by atoms with Crippen LogP contribution in [0, 0.1) is 12.3 Å². The van der Waals surface area contributed by atoms with Crippen molar-refractivity contribution in [3.63, 3.8) is 0 Å². The zero-order chi connectivity index (χ0) is 8.04. The lowest BCUT2D eigenvalue weighted by Gasteiger charge is -2.13. The molecular formula is C8H12O2. The molecule has 0 aliphatic carbocycles. The van der Waals surface area contributed by atoms with E-state index in [4.69, 9.17) is 11.5 Å². The summed E-state index contributed by atoms with van der Waals surface area (Å²) in [5.74, 6) is 2.44. The molecule has 1 atom stereocenters. The first-order valence-electron chi connectivity index (χ1n) is 3.24. The van der Waals surface area contributed by atoms with Gasteiger partial charge in [0.25, 0.3) is 0 Å². The van der Waals surface area contributed by atoms with Gasteiger partial charge in [-0.3, -0.25) is 0 Å². The number of carbonyl (C=O) groups is 1. The predicted octanol–water partition coefficient (Wildman–Crippen LogP) is 0.740.